The molecule has 0 bridgehead atoms. The van der Waals surface area contributed by atoms with E-state index in [1.165, 1.54) is 0 Å². The van der Waals surface area contributed by atoms with Gasteiger partial charge >= 0.3 is 0 Å². The van der Waals surface area contributed by atoms with E-state index in [-0.39, 0.29) is 18.0 Å². The Labute approximate surface area is 113 Å². The first kappa shape index (κ1) is 13.8. The van der Waals surface area contributed by atoms with Crippen LogP contribution in [0.1, 0.15) is 18.5 Å². The number of hydrogen-bond donors (Lipinski definition) is 2. The number of carbonyl (C=O) groups excluding carboxylic acids is 1. The minimum Gasteiger partial charge on any atom is -0.496 e. The first-order valence-electron chi connectivity index (χ1n) is 6.47. The lowest BCUT2D eigenvalue weighted by Crippen LogP contribution is -2.51. The molecule has 1 saturated heterocycles. The number of methoxy groups -OCH3 is 1. The Morgan fingerprint density at radius 3 is 3.00 bits per heavy atom. The molecule has 0 radical (unpaired) electrons. The molecule has 104 valence electrons. The number of carbonyl (C=O) groups is 1. The van der Waals surface area contributed by atoms with Crippen molar-refractivity contribution in [1.29, 1.82) is 0 Å². The molecule has 2 unspecified atom stereocenters. The third-order valence-electron chi connectivity index (χ3n) is 3.20. The fourth-order valence-corrected chi connectivity index (χ4v) is 2.15. The summed E-state index contributed by atoms with van der Waals surface area (Å²) in [4.78, 5) is 12.1. The molecule has 0 spiro atoms. The molecule has 2 N–H and O–H groups in total. The summed E-state index contributed by atoms with van der Waals surface area (Å²) in [5, 5.41) is 6.12. The van der Waals surface area contributed by atoms with Crippen molar-refractivity contribution in [3.63, 3.8) is 0 Å². The molecule has 1 aromatic carbocycles. The third-order valence-corrected chi connectivity index (χ3v) is 3.20. The first-order valence-corrected chi connectivity index (χ1v) is 6.47. The van der Waals surface area contributed by atoms with E-state index >= 15 is 0 Å². The highest BCUT2D eigenvalue weighted by molar-refractivity contribution is 5.82. The second kappa shape index (κ2) is 6.54. The SMILES string of the molecule is COc1ccccc1C(C)NC(=O)C1COCCN1. The number of hydrogen-bond acceptors (Lipinski definition) is 4. The highest BCUT2D eigenvalue weighted by Gasteiger charge is 2.23. The van der Waals surface area contributed by atoms with Crippen LogP contribution in [0.3, 0.4) is 0 Å². The summed E-state index contributed by atoms with van der Waals surface area (Å²) in [5.74, 6) is 0.737. The predicted octanol–water partition coefficient (Wildman–Crippen LogP) is 0.861. The van der Waals surface area contributed by atoms with Crippen molar-refractivity contribution >= 4 is 5.91 Å². The van der Waals surface area contributed by atoms with Crippen LogP contribution in [0, 0.1) is 0 Å². The summed E-state index contributed by atoms with van der Waals surface area (Å²) in [5.41, 5.74) is 0.968. The van der Waals surface area contributed by atoms with E-state index < -0.39 is 0 Å². The molecule has 5 heteroatoms. The molecule has 1 heterocycles. The van der Waals surface area contributed by atoms with Crippen LogP contribution in [-0.2, 0) is 9.53 Å². The van der Waals surface area contributed by atoms with Crippen molar-refractivity contribution in [2.24, 2.45) is 0 Å². The Hall–Kier alpha value is -1.59. The molecule has 5 nitrogen and oxygen atoms in total. The van der Waals surface area contributed by atoms with Gasteiger partial charge in [-0.05, 0) is 13.0 Å². The lowest BCUT2D eigenvalue weighted by Gasteiger charge is -2.25. The normalized spacial score (nSPS) is 20.6. The summed E-state index contributed by atoms with van der Waals surface area (Å²) in [6, 6.07) is 7.31. The molecule has 2 atom stereocenters. The van der Waals surface area contributed by atoms with E-state index in [0.717, 1.165) is 11.3 Å². The van der Waals surface area contributed by atoms with Crippen molar-refractivity contribution in [2.45, 2.75) is 19.0 Å². The lowest BCUT2D eigenvalue weighted by atomic mass is 10.1. The van der Waals surface area contributed by atoms with Crippen molar-refractivity contribution in [3.8, 4) is 5.75 Å². The zero-order chi connectivity index (χ0) is 13.7. The maximum Gasteiger partial charge on any atom is 0.240 e. The van der Waals surface area contributed by atoms with Crippen LogP contribution in [0.2, 0.25) is 0 Å². The summed E-state index contributed by atoms with van der Waals surface area (Å²) < 4.78 is 10.6. The van der Waals surface area contributed by atoms with Crippen LogP contribution in [-0.4, -0.2) is 38.8 Å². The zero-order valence-electron chi connectivity index (χ0n) is 11.3. The van der Waals surface area contributed by atoms with Gasteiger partial charge in [0, 0.05) is 12.1 Å². The Bertz CT molecular complexity index is 430. The molecular formula is C14H20N2O3. The van der Waals surface area contributed by atoms with Gasteiger partial charge in [-0.15, -0.1) is 0 Å². The molecule has 1 fully saturated rings. The third kappa shape index (κ3) is 3.45. The molecule has 2 rings (SSSR count). The van der Waals surface area contributed by atoms with Crippen LogP contribution in [0.25, 0.3) is 0 Å². The lowest BCUT2D eigenvalue weighted by molar-refractivity contribution is -0.126. The van der Waals surface area contributed by atoms with Gasteiger partial charge in [-0.3, -0.25) is 4.79 Å². The molecular weight excluding hydrogens is 244 g/mol. The zero-order valence-corrected chi connectivity index (χ0v) is 11.3. The molecule has 1 aliphatic rings. The standard InChI is InChI=1S/C14H20N2O3/c1-10(11-5-3-4-6-13(11)18-2)16-14(17)12-9-19-8-7-15-12/h3-6,10,12,15H,7-9H2,1-2H3,(H,16,17). The topological polar surface area (TPSA) is 59.6 Å². The van der Waals surface area contributed by atoms with E-state index in [4.69, 9.17) is 9.47 Å². The molecule has 0 aromatic heterocycles. The van der Waals surface area contributed by atoms with Gasteiger partial charge in [-0.25, -0.2) is 0 Å². The summed E-state index contributed by atoms with van der Waals surface area (Å²) in [6.07, 6.45) is 0. The Kier molecular flexibility index (Phi) is 4.76. The smallest absolute Gasteiger partial charge is 0.240 e. The van der Waals surface area contributed by atoms with Crippen molar-refractivity contribution < 1.29 is 14.3 Å². The fraction of sp³-hybridized carbons (Fsp3) is 0.500. The van der Waals surface area contributed by atoms with E-state index in [0.29, 0.717) is 19.8 Å². The number of para-hydroxylation sites is 1. The van der Waals surface area contributed by atoms with E-state index in [9.17, 15) is 4.79 Å². The van der Waals surface area contributed by atoms with Crippen molar-refractivity contribution in [2.75, 3.05) is 26.9 Å². The number of rotatable bonds is 4. The summed E-state index contributed by atoms with van der Waals surface area (Å²) >= 11 is 0. The summed E-state index contributed by atoms with van der Waals surface area (Å²) in [6.45, 7) is 3.73. The van der Waals surface area contributed by atoms with E-state index in [1.807, 2.05) is 31.2 Å². The van der Waals surface area contributed by atoms with Gasteiger partial charge in [0.2, 0.25) is 5.91 Å². The fourth-order valence-electron chi connectivity index (χ4n) is 2.15. The largest absolute Gasteiger partial charge is 0.496 e. The highest BCUT2D eigenvalue weighted by Crippen LogP contribution is 2.24. The second-order valence-electron chi connectivity index (χ2n) is 4.55. The first-order chi connectivity index (χ1) is 9.22. The average Bonchev–Trinajstić information content (AvgIpc) is 2.48. The Morgan fingerprint density at radius 2 is 2.32 bits per heavy atom. The molecule has 1 aliphatic heterocycles. The van der Waals surface area contributed by atoms with E-state index in [2.05, 4.69) is 10.6 Å². The van der Waals surface area contributed by atoms with Gasteiger partial charge in [0.05, 0.1) is 26.4 Å². The molecule has 0 aliphatic carbocycles. The van der Waals surface area contributed by atoms with Crippen molar-refractivity contribution in [1.82, 2.24) is 10.6 Å². The second-order valence-corrected chi connectivity index (χ2v) is 4.55. The molecule has 19 heavy (non-hydrogen) atoms. The molecule has 1 amide bonds. The van der Waals surface area contributed by atoms with Crippen LogP contribution < -0.4 is 15.4 Å². The number of nitrogens with one attached hydrogen (secondary N) is 2. The van der Waals surface area contributed by atoms with E-state index in [1.54, 1.807) is 7.11 Å². The summed E-state index contributed by atoms with van der Waals surface area (Å²) in [7, 11) is 1.63. The maximum atomic E-state index is 12.1. The van der Waals surface area contributed by atoms with Gasteiger partial charge in [-0.1, -0.05) is 18.2 Å². The van der Waals surface area contributed by atoms with Crippen LogP contribution in [0.5, 0.6) is 5.75 Å². The Morgan fingerprint density at radius 1 is 1.53 bits per heavy atom. The van der Waals surface area contributed by atoms with Gasteiger partial charge < -0.3 is 20.1 Å². The highest BCUT2D eigenvalue weighted by atomic mass is 16.5. The minimum atomic E-state index is -0.272. The predicted molar refractivity (Wildman–Crippen MR) is 72.2 cm³/mol. The number of amides is 1. The monoisotopic (exact) mass is 264 g/mol. The van der Waals surface area contributed by atoms with Gasteiger partial charge in [-0.2, -0.15) is 0 Å². The number of ether oxygens (including phenoxy) is 2. The number of morpholine rings is 1. The molecule has 1 aromatic rings. The van der Waals surface area contributed by atoms with Crippen LogP contribution >= 0.6 is 0 Å². The van der Waals surface area contributed by atoms with Gasteiger partial charge in [0.1, 0.15) is 11.8 Å². The van der Waals surface area contributed by atoms with Crippen molar-refractivity contribution in [3.05, 3.63) is 29.8 Å². The quantitative estimate of drug-likeness (QED) is 0.847. The maximum absolute atomic E-state index is 12.1. The average molecular weight is 264 g/mol. The Balaban J connectivity index is 1.99. The van der Waals surface area contributed by atoms with Gasteiger partial charge in [0.15, 0.2) is 0 Å². The van der Waals surface area contributed by atoms with Crippen LogP contribution in [0.4, 0.5) is 0 Å². The minimum absolute atomic E-state index is 0.0434. The number of benzene rings is 1. The van der Waals surface area contributed by atoms with Gasteiger partial charge in [0.25, 0.3) is 0 Å². The van der Waals surface area contributed by atoms with Crippen LogP contribution in [0.15, 0.2) is 24.3 Å². The molecule has 0 saturated carbocycles.